The van der Waals surface area contributed by atoms with Gasteiger partial charge < -0.3 is 20.1 Å². The number of guanidine groups is 1. The summed E-state index contributed by atoms with van der Waals surface area (Å²) >= 11 is 0. The Balaban J connectivity index is 1.70. The van der Waals surface area contributed by atoms with Crippen LogP contribution in [0.5, 0.6) is 0 Å². The average Bonchev–Trinajstić information content (AvgIpc) is 3.15. The van der Waals surface area contributed by atoms with Crippen molar-refractivity contribution in [1.29, 1.82) is 0 Å². The Hall–Kier alpha value is -1.63. The number of benzene rings is 1. The topological polar surface area (TPSA) is 58.1 Å². The molecule has 1 atom stereocenters. The summed E-state index contributed by atoms with van der Waals surface area (Å²) in [7, 11) is 1.70. The zero-order valence-electron chi connectivity index (χ0n) is 17.7. The molecule has 0 aliphatic carbocycles. The molecule has 0 amide bonds. The van der Waals surface area contributed by atoms with E-state index in [2.05, 4.69) is 52.8 Å². The molecule has 1 aliphatic heterocycles. The van der Waals surface area contributed by atoms with Crippen LogP contribution in [-0.2, 0) is 16.0 Å². The van der Waals surface area contributed by atoms with Gasteiger partial charge in [0, 0.05) is 39.4 Å². The molecule has 6 nitrogen and oxygen atoms in total. The minimum absolute atomic E-state index is 0.532. The first-order chi connectivity index (χ1) is 13.8. The largest absolute Gasteiger partial charge is 0.382 e. The zero-order valence-corrected chi connectivity index (χ0v) is 17.7. The predicted octanol–water partition coefficient (Wildman–Crippen LogP) is 2.65. The Bertz CT molecular complexity index is 539. The quantitative estimate of drug-likeness (QED) is 0.308. The van der Waals surface area contributed by atoms with E-state index < -0.39 is 0 Å². The van der Waals surface area contributed by atoms with E-state index in [1.165, 1.54) is 24.9 Å². The Morgan fingerprint density at radius 1 is 1.14 bits per heavy atom. The van der Waals surface area contributed by atoms with Crippen molar-refractivity contribution in [2.45, 2.75) is 45.2 Å². The predicted molar refractivity (Wildman–Crippen MR) is 116 cm³/mol. The molecule has 1 saturated heterocycles. The van der Waals surface area contributed by atoms with Gasteiger partial charge in [-0.1, -0.05) is 30.3 Å². The van der Waals surface area contributed by atoms with Crippen LogP contribution in [0.2, 0.25) is 0 Å². The number of likely N-dealkylation sites (tertiary alicyclic amines) is 1. The molecule has 0 bridgehead atoms. The molecule has 158 valence electrons. The fourth-order valence-corrected chi connectivity index (χ4v) is 3.45. The SMILES string of the molecule is CCNC(=NCC1CCCN1Cc1ccccc1)NCCCCOCCOC. The van der Waals surface area contributed by atoms with Gasteiger partial charge in [0.05, 0.1) is 19.8 Å². The van der Waals surface area contributed by atoms with E-state index in [1.807, 2.05) is 0 Å². The zero-order chi connectivity index (χ0) is 19.9. The summed E-state index contributed by atoms with van der Waals surface area (Å²) in [6, 6.07) is 11.3. The molecule has 2 rings (SSSR count). The lowest BCUT2D eigenvalue weighted by Crippen LogP contribution is -2.39. The molecule has 0 aromatic heterocycles. The van der Waals surface area contributed by atoms with E-state index in [0.717, 1.165) is 51.6 Å². The van der Waals surface area contributed by atoms with Crippen molar-refractivity contribution < 1.29 is 9.47 Å². The van der Waals surface area contributed by atoms with Crippen LogP contribution in [0, 0.1) is 0 Å². The molecule has 1 aromatic rings. The average molecular weight is 391 g/mol. The van der Waals surface area contributed by atoms with Gasteiger partial charge in [-0.3, -0.25) is 9.89 Å². The first-order valence-electron chi connectivity index (χ1n) is 10.7. The maximum atomic E-state index is 5.50. The van der Waals surface area contributed by atoms with Gasteiger partial charge in [-0.15, -0.1) is 0 Å². The van der Waals surface area contributed by atoms with E-state index in [0.29, 0.717) is 19.3 Å². The molecule has 28 heavy (non-hydrogen) atoms. The van der Waals surface area contributed by atoms with Crippen LogP contribution in [0.25, 0.3) is 0 Å². The van der Waals surface area contributed by atoms with Gasteiger partial charge in [0.1, 0.15) is 0 Å². The number of methoxy groups -OCH3 is 1. The maximum Gasteiger partial charge on any atom is 0.191 e. The molecule has 6 heteroatoms. The lowest BCUT2D eigenvalue weighted by molar-refractivity contribution is 0.0689. The minimum Gasteiger partial charge on any atom is -0.382 e. The van der Waals surface area contributed by atoms with Crippen LogP contribution < -0.4 is 10.6 Å². The summed E-state index contributed by atoms with van der Waals surface area (Å²) in [6.07, 6.45) is 4.61. The van der Waals surface area contributed by atoms with Crippen LogP contribution in [0.4, 0.5) is 0 Å². The molecular weight excluding hydrogens is 352 g/mol. The van der Waals surface area contributed by atoms with Gasteiger partial charge in [0.2, 0.25) is 0 Å². The number of hydrogen-bond donors (Lipinski definition) is 2. The van der Waals surface area contributed by atoms with Crippen LogP contribution in [0.3, 0.4) is 0 Å². The third-order valence-corrected chi connectivity index (χ3v) is 4.97. The van der Waals surface area contributed by atoms with Crippen molar-refractivity contribution in [3.63, 3.8) is 0 Å². The van der Waals surface area contributed by atoms with Crippen molar-refractivity contribution in [3.8, 4) is 0 Å². The van der Waals surface area contributed by atoms with E-state index in [9.17, 15) is 0 Å². The number of nitrogens with one attached hydrogen (secondary N) is 2. The van der Waals surface area contributed by atoms with Gasteiger partial charge in [0.15, 0.2) is 5.96 Å². The van der Waals surface area contributed by atoms with E-state index in [4.69, 9.17) is 14.5 Å². The molecule has 0 spiro atoms. The molecule has 1 aromatic carbocycles. The van der Waals surface area contributed by atoms with Crippen LogP contribution in [0.1, 0.15) is 38.2 Å². The van der Waals surface area contributed by atoms with Gasteiger partial charge >= 0.3 is 0 Å². The molecule has 0 saturated carbocycles. The summed E-state index contributed by atoms with van der Waals surface area (Å²) < 4.78 is 10.5. The van der Waals surface area contributed by atoms with E-state index >= 15 is 0 Å². The Morgan fingerprint density at radius 3 is 2.79 bits per heavy atom. The second-order valence-corrected chi connectivity index (χ2v) is 7.21. The lowest BCUT2D eigenvalue weighted by Gasteiger charge is -2.23. The number of unbranched alkanes of at least 4 members (excludes halogenated alkanes) is 1. The molecule has 1 fully saturated rings. The Kier molecular flexibility index (Phi) is 11.6. The summed E-state index contributed by atoms with van der Waals surface area (Å²) in [4.78, 5) is 7.42. The first-order valence-corrected chi connectivity index (χ1v) is 10.7. The smallest absolute Gasteiger partial charge is 0.191 e. The number of nitrogens with zero attached hydrogens (tertiary/aromatic N) is 2. The third kappa shape index (κ3) is 9.04. The van der Waals surface area contributed by atoms with Crippen LogP contribution >= 0.6 is 0 Å². The van der Waals surface area contributed by atoms with Crippen molar-refractivity contribution in [1.82, 2.24) is 15.5 Å². The van der Waals surface area contributed by atoms with Gasteiger partial charge in [-0.05, 0) is 44.7 Å². The van der Waals surface area contributed by atoms with Crippen LogP contribution in [0.15, 0.2) is 35.3 Å². The highest BCUT2D eigenvalue weighted by molar-refractivity contribution is 5.79. The first kappa shape index (κ1) is 22.7. The fourth-order valence-electron chi connectivity index (χ4n) is 3.45. The second-order valence-electron chi connectivity index (χ2n) is 7.21. The monoisotopic (exact) mass is 390 g/mol. The van der Waals surface area contributed by atoms with E-state index in [-0.39, 0.29) is 0 Å². The normalized spacial score (nSPS) is 17.8. The van der Waals surface area contributed by atoms with Crippen molar-refractivity contribution in [2.24, 2.45) is 4.99 Å². The minimum atomic E-state index is 0.532. The highest BCUT2D eigenvalue weighted by Gasteiger charge is 2.24. The summed E-state index contributed by atoms with van der Waals surface area (Å²) in [5, 5.41) is 6.81. The van der Waals surface area contributed by atoms with Crippen molar-refractivity contribution >= 4 is 5.96 Å². The molecule has 1 aliphatic rings. The Labute approximate surface area is 170 Å². The fraction of sp³-hybridized carbons (Fsp3) is 0.682. The highest BCUT2D eigenvalue weighted by Crippen LogP contribution is 2.20. The van der Waals surface area contributed by atoms with Gasteiger partial charge in [-0.2, -0.15) is 0 Å². The molecule has 1 unspecified atom stereocenters. The van der Waals surface area contributed by atoms with Crippen molar-refractivity contribution in [2.75, 3.05) is 53.1 Å². The number of ether oxygens (including phenoxy) is 2. The third-order valence-electron chi connectivity index (χ3n) is 4.97. The number of hydrogen-bond acceptors (Lipinski definition) is 4. The van der Waals surface area contributed by atoms with Gasteiger partial charge in [-0.25, -0.2) is 0 Å². The highest BCUT2D eigenvalue weighted by atomic mass is 16.5. The molecule has 2 N–H and O–H groups in total. The van der Waals surface area contributed by atoms with Crippen LogP contribution in [-0.4, -0.2) is 70.0 Å². The second kappa shape index (κ2) is 14.4. The maximum absolute atomic E-state index is 5.50. The molecular formula is C22H38N4O2. The van der Waals surface area contributed by atoms with Gasteiger partial charge in [0.25, 0.3) is 0 Å². The lowest BCUT2D eigenvalue weighted by atomic mass is 10.2. The van der Waals surface area contributed by atoms with Crippen molar-refractivity contribution in [3.05, 3.63) is 35.9 Å². The molecule has 1 heterocycles. The number of rotatable bonds is 13. The summed E-state index contributed by atoms with van der Waals surface area (Å²) in [6.45, 7) is 9.07. The summed E-state index contributed by atoms with van der Waals surface area (Å²) in [5.74, 6) is 0.925. The van der Waals surface area contributed by atoms with E-state index in [1.54, 1.807) is 7.11 Å². The summed E-state index contributed by atoms with van der Waals surface area (Å²) in [5.41, 5.74) is 1.39. The number of aliphatic imine (C=N–C) groups is 1. The molecule has 0 radical (unpaired) electrons. The Morgan fingerprint density at radius 2 is 2.00 bits per heavy atom. The standard InChI is InChI=1S/C22H38N4O2/c1-3-23-22(24-13-7-8-15-28-17-16-27-2)25-18-21-12-9-14-26(21)19-20-10-5-4-6-11-20/h4-6,10-11,21H,3,7-9,12-19H2,1-2H3,(H2,23,24,25).